The van der Waals surface area contributed by atoms with Crippen LogP contribution in [-0.2, 0) is 0 Å². The quantitative estimate of drug-likeness (QED) is 0.325. The molecule has 0 radical (unpaired) electrons. The number of carbonyl (C=O) groups excluding carboxylic acids is 1. The van der Waals surface area contributed by atoms with E-state index >= 15 is 0 Å². The van der Waals surface area contributed by atoms with E-state index in [1.807, 2.05) is 25.3 Å². The van der Waals surface area contributed by atoms with E-state index in [1.165, 1.54) is 11.3 Å². The van der Waals surface area contributed by atoms with Gasteiger partial charge < -0.3 is 0 Å². The lowest BCUT2D eigenvalue weighted by atomic mass is 10.1. The molecule has 1 aromatic carbocycles. The van der Waals surface area contributed by atoms with Crippen LogP contribution in [0.2, 0.25) is 5.02 Å². The van der Waals surface area contributed by atoms with Crippen molar-refractivity contribution < 1.29 is 4.79 Å². The maximum Gasteiger partial charge on any atom is 0.205 e. The molecule has 0 saturated carbocycles. The highest BCUT2D eigenvalue weighted by atomic mass is 35.5. The molecular weight excluding hydrogens is 372 g/mol. The van der Waals surface area contributed by atoms with Crippen LogP contribution in [0.5, 0.6) is 0 Å². The van der Waals surface area contributed by atoms with E-state index in [0.717, 1.165) is 32.2 Å². The largest absolute Gasteiger partial charge is 0.298 e. The number of nitrogens with zero attached hydrogens (tertiary/aromatic N) is 2. The van der Waals surface area contributed by atoms with E-state index in [1.54, 1.807) is 36.0 Å². The Balaban J connectivity index is 1.97. The summed E-state index contributed by atoms with van der Waals surface area (Å²) in [6, 6.07) is 11.1. The van der Waals surface area contributed by atoms with Crippen molar-refractivity contribution in [2.24, 2.45) is 0 Å². The molecule has 3 nitrogen and oxygen atoms in total. The topological polar surface area (TPSA) is 34.4 Å². The number of halogens is 1. The Morgan fingerprint density at radius 1 is 1.28 bits per heavy atom. The molecule has 0 atom stereocenters. The maximum absolute atomic E-state index is 13.1. The van der Waals surface area contributed by atoms with Crippen molar-refractivity contribution in [1.82, 2.24) is 9.38 Å². The Hall–Kier alpha value is -1.82. The van der Waals surface area contributed by atoms with Crippen LogP contribution in [-0.4, -0.2) is 20.9 Å². The summed E-state index contributed by atoms with van der Waals surface area (Å²) in [6.45, 7) is 4.16. The van der Waals surface area contributed by atoms with Crippen LogP contribution < -0.4 is 0 Å². The van der Waals surface area contributed by atoms with Gasteiger partial charge in [-0.15, -0.1) is 23.1 Å². The molecular formula is C19H15ClN2OS2. The van der Waals surface area contributed by atoms with Crippen molar-refractivity contribution in [1.29, 1.82) is 0 Å². The van der Waals surface area contributed by atoms with Gasteiger partial charge in [-0.2, -0.15) is 0 Å². The second kappa shape index (κ2) is 6.48. The van der Waals surface area contributed by atoms with Crippen LogP contribution in [0.3, 0.4) is 0 Å². The van der Waals surface area contributed by atoms with Gasteiger partial charge in [0.1, 0.15) is 16.0 Å². The summed E-state index contributed by atoms with van der Waals surface area (Å²) in [5.41, 5.74) is 4.46. The molecule has 4 rings (SSSR count). The third-order valence-electron chi connectivity index (χ3n) is 4.04. The van der Waals surface area contributed by atoms with Gasteiger partial charge in [0.25, 0.3) is 0 Å². The number of hydrogen-bond donors (Lipinski definition) is 0. The molecule has 0 fully saturated rings. The highest BCUT2D eigenvalue weighted by Gasteiger charge is 2.23. The SMILES string of the molecule is CCSc1sc(C(=O)c2ccc(Cl)cc2)c2nc3c(C)cccn3c12. The summed E-state index contributed by atoms with van der Waals surface area (Å²) in [6.07, 6.45) is 2.01. The molecule has 0 N–H and O–H groups in total. The van der Waals surface area contributed by atoms with Crippen LogP contribution in [0.4, 0.5) is 0 Å². The molecule has 0 bridgehead atoms. The fraction of sp³-hybridized carbons (Fsp3) is 0.158. The molecule has 126 valence electrons. The summed E-state index contributed by atoms with van der Waals surface area (Å²) in [5.74, 6) is 0.944. The third-order valence-corrected chi connectivity index (χ3v) is 6.60. The molecule has 0 aliphatic rings. The zero-order chi connectivity index (χ0) is 17.6. The van der Waals surface area contributed by atoms with Gasteiger partial charge in [-0.3, -0.25) is 9.20 Å². The van der Waals surface area contributed by atoms with Gasteiger partial charge in [-0.05, 0) is 48.6 Å². The number of thioether (sulfide) groups is 1. The van der Waals surface area contributed by atoms with Crippen LogP contribution in [0.25, 0.3) is 16.7 Å². The standard InChI is InChI=1S/C19H15ClN2OS2/c1-3-24-19-15-14(21-18-11(2)5-4-10-22(15)18)17(25-19)16(23)12-6-8-13(20)9-7-12/h4-10H,3H2,1-2H3. The first-order valence-corrected chi connectivity index (χ1v) is 10.1. The zero-order valence-corrected chi connectivity index (χ0v) is 16.1. The van der Waals surface area contributed by atoms with E-state index in [-0.39, 0.29) is 5.78 Å². The first-order valence-electron chi connectivity index (χ1n) is 7.93. The average molecular weight is 387 g/mol. The van der Waals surface area contributed by atoms with Gasteiger partial charge in [0.2, 0.25) is 5.78 Å². The highest BCUT2D eigenvalue weighted by Crippen LogP contribution is 2.39. The predicted octanol–water partition coefficient (Wildman–Crippen LogP) is 5.85. The van der Waals surface area contributed by atoms with Crippen LogP contribution >= 0.6 is 34.7 Å². The smallest absolute Gasteiger partial charge is 0.205 e. The van der Waals surface area contributed by atoms with Crippen molar-refractivity contribution in [3.8, 4) is 0 Å². The number of imidazole rings is 1. The van der Waals surface area contributed by atoms with Crippen molar-refractivity contribution in [3.63, 3.8) is 0 Å². The van der Waals surface area contributed by atoms with E-state index in [4.69, 9.17) is 16.6 Å². The lowest BCUT2D eigenvalue weighted by Crippen LogP contribution is -1.98. The molecule has 3 aromatic heterocycles. The number of aromatic nitrogens is 2. The fourth-order valence-electron chi connectivity index (χ4n) is 2.86. The molecule has 0 unspecified atom stereocenters. The summed E-state index contributed by atoms with van der Waals surface area (Å²) in [4.78, 5) is 18.5. The van der Waals surface area contributed by atoms with Crippen molar-refractivity contribution in [2.45, 2.75) is 18.1 Å². The van der Waals surface area contributed by atoms with Crippen molar-refractivity contribution >= 4 is 57.2 Å². The Kier molecular flexibility index (Phi) is 4.31. The maximum atomic E-state index is 13.1. The number of benzene rings is 1. The number of pyridine rings is 1. The Morgan fingerprint density at radius 3 is 2.76 bits per heavy atom. The van der Waals surface area contributed by atoms with E-state index in [9.17, 15) is 4.79 Å². The number of ketones is 1. The third kappa shape index (κ3) is 2.76. The minimum absolute atomic E-state index is 0.00400. The van der Waals surface area contributed by atoms with Crippen molar-refractivity contribution in [2.75, 3.05) is 5.75 Å². The number of aryl methyl sites for hydroxylation is 1. The molecule has 6 heteroatoms. The second-order valence-electron chi connectivity index (χ2n) is 5.68. The van der Waals surface area contributed by atoms with E-state index in [2.05, 4.69) is 11.3 Å². The van der Waals surface area contributed by atoms with Gasteiger partial charge >= 0.3 is 0 Å². The van der Waals surface area contributed by atoms with Gasteiger partial charge in [0.05, 0.1) is 9.73 Å². The van der Waals surface area contributed by atoms with Gasteiger partial charge in [0.15, 0.2) is 0 Å². The minimum atomic E-state index is -0.00400. The fourth-order valence-corrected chi connectivity index (χ4v) is 5.35. The molecule has 0 amide bonds. The summed E-state index contributed by atoms with van der Waals surface area (Å²) in [7, 11) is 0. The minimum Gasteiger partial charge on any atom is -0.298 e. The lowest BCUT2D eigenvalue weighted by molar-refractivity contribution is 0.104. The molecule has 4 aromatic rings. The highest BCUT2D eigenvalue weighted by molar-refractivity contribution is 8.01. The molecule has 0 saturated heterocycles. The van der Waals surface area contributed by atoms with Crippen molar-refractivity contribution in [3.05, 3.63) is 63.6 Å². The molecule has 25 heavy (non-hydrogen) atoms. The first kappa shape index (κ1) is 16.6. The monoisotopic (exact) mass is 386 g/mol. The van der Waals surface area contributed by atoms with Gasteiger partial charge in [0, 0.05) is 16.8 Å². The molecule has 0 aliphatic heterocycles. The number of thiophene rings is 1. The second-order valence-corrected chi connectivity index (χ2v) is 8.67. The Bertz CT molecular complexity index is 1100. The number of carbonyl (C=O) groups is 1. The zero-order valence-electron chi connectivity index (χ0n) is 13.7. The van der Waals surface area contributed by atoms with Crippen LogP contribution in [0.1, 0.15) is 27.7 Å². The molecule has 0 spiro atoms. The molecule has 0 aliphatic carbocycles. The summed E-state index contributed by atoms with van der Waals surface area (Å²) in [5, 5.41) is 0.624. The number of fused-ring (bicyclic) bond motifs is 3. The van der Waals surface area contributed by atoms with Gasteiger partial charge in [-0.25, -0.2) is 4.98 Å². The van der Waals surface area contributed by atoms with Crippen LogP contribution in [0, 0.1) is 6.92 Å². The molecule has 3 heterocycles. The average Bonchev–Trinajstić information content (AvgIpc) is 3.15. The summed E-state index contributed by atoms with van der Waals surface area (Å²) >= 11 is 9.23. The Morgan fingerprint density at radius 2 is 2.04 bits per heavy atom. The van der Waals surface area contributed by atoms with E-state index in [0.29, 0.717) is 15.5 Å². The number of hydrogen-bond acceptors (Lipinski definition) is 4. The Labute approximate surface area is 158 Å². The van der Waals surface area contributed by atoms with E-state index < -0.39 is 0 Å². The first-order chi connectivity index (χ1) is 12.1. The lowest BCUT2D eigenvalue weighted by Gasteiger charge is -2.00. The normalized spacial score (nSPS) is 11.5. The van der Waals surface area contributed by atoms with Crippen LogP contribution in [0.15, 0.2) is 46.8 Å². The number of rotatable bonds is 4. The van der Waals surface area contributed by atoms with Gasteiger partial charge in [-0.1, -0.05) is 24.6 Å². The summed E-state index contributed by atoms with van der Waals surface area (Å²) < 4.78 is 3.23. The predicted molar refractivity (Wildman–Crippen MR) is 107 cm³/mol.